The highest BCUT2D eigenvalue weighted by atomic mass is 35.5. The molecule has 0 atom stereocenters. The molecule has 0 saturated heterocycles. The molecule has 0 aliphatic rings. The molecule has 0 aliphatic heterocycles. The van der Waals surface area contributed by atoms with E-state index in [0.29, 0.717) is 16.3 Å². The smallest absolute Gasteiger partial charge is 0.307 e. The monoisotopic (exact) mass is 270 g/mol. The number of para-hydroxylation sites is 1. The maximum Gasteiger partial charge on any atom is 0.307 e. The Morgan fingerprint density at radius 3 is 3.06 bits per heavy atom. The van der Waals surface area contributed by atoms with Crippen LogP contribution in [0.2, 0.25) is 5.02 Å². The van der Waals surface area contributed by atoms with Gasteiger partial charge in [-0.15, -0.1) is 0 Å². The summed E-state index contributed by atoms with van der Waals surface area (Å²) in [5.41, 5.74) is 1.69. The quantitative estimate of drug-likeness (QED) is 0.689. The minimum absolute atomic E-state index is 0.267. The molecule has 0 radical (unpaired) electrons. The number of halogens is 1. The van der Waals surface area contributed by atoms with Crippen molar-refractivity contribution in [1.29, 1.82) is 0 Å². The summed E-state index contributed by atoms with van der Waals surface area (Å²) in [6.07, 6.45) is 0.267. The number of benzene rings is 1. The Balaban J connectivity index is 2.42. The van der Waals surface area contributed by atoms with Gasteiger partial charge >= 0.3 is 5.97 Å². The summed E-state index contributed by atoms with van der Waals surface area (Å²) in [5, 5.41) is 0.611. The SMILES string of the molecule is COC(=O)CCn1c(=S)[nH]c2cccc(Cl)c21. The van der Waals surface area contributed by atoms with Gasteiger partial charge in [-0.2, -0.15) is 0 Å². The van der Waals surface area contributed by atoms with Gasteiger partial charge in [0.05, 0.1) is 29.6 Å². The van der Waals surface area contributed by atoms with Crippen molar-refractivity contribution < 1.29 is 9.53 Å². The highest BCUT2D eigenvalue weighted by molar-refractivity contribution is 7.71. The zero-order chi connectivity index (χ0) is 12.4. The van der Waals surface area contributed by atoms with E-state index in [4.69, 9.17) is 23.8 Å². The summed E-state index contributed by atoms with van der Waals surface area (Å²) in [7, 11) is 1.36. The van der Waals surface area contributed by atoms with E-state index in [1.807, 2.05) is 16.7 Å². The summed E-state index contributed by atoms with van der Waals surface area (Å²) in [6.45, 7) is 0.454. The Kier molecular flexibility index (Phi) is 3.49. The highest BCUT2D eigenvalue weighted by Gasteiger charge is 2.09. The normalized spacial score (nSPS) is 10.7. The average Bonchev–Trinajstić information content (AvgIpc) is 2.63. The molecule has 0 aliphatic carbocycles. The number of H-pyrrole nitrogens is 1. The van der Waals surface area contributed by atoms with Gasteiger partial charge in [0, 0.05) is 6.54 Å². The van der Waals surface area contributed by atoms with Gasteiger partial charge in [0.1, 0.15) is 0 Å². The van der Waals surface area contributed by atoms with Crippen LogP contribution in [0.3, 0.4) is 0 Å². The molecule has 1 heterocycles. The van der Waals surface area contributed by atoms with Gasteiger partial charge < -0.3 is 14.3 Å². The Hall–Kier alpha value is -1.33. The fraction of sp³-hybridized carbons (Fsp3) is 0.273. The number of hydrogen-bond acceptors (Lipinski definition) is 3. The molecule has 4 nitrogen and oxygen atoms in total. The van der Waals surface area contributed by atoms with Crippen LogP contribution in [-0.2, 0) is 16.1 Å². The van der Waals surface area contributed by atoms with Crippen LogP contribution in [0.25, 0.3) is 11.0 Å². The molecular weight excluding hydrogens is 260 g/mol. The van der Waals surface area contributed by atoms with Gasteiger partial charge in [-0.1, -0.05) is 17.7 Å². The predicted octanol–water partition coefficient (Wildman–Crippen LogP) is 2.92. The van der Waals surface area contributed by atoms with Crippen LogP contribution in [0.5, 0.6) is 0 Å². The number of imidazole rings is 1. The minimum Gasteiger partial charge on any atom is -0.469 e. The largest absolute Gasteiger partial charge is 0.469 e. The Morgan fingerprint density at radius 2 is 2.35 bits per heavy atom. The molecule has 0 fully saturated rings. The average molecular weight is 271 g/mol. The first-order valence-corrected chi connectivity index (χ1v) is 5.86. The summed E-state index contributed by atoms with van der Waals surface area (Å²) >= 11 is 11.3. The number of fused-ring (bicyclic) bond motifs is 1. The van der Waals surface area contributed by atoms with E-state index in [9.17, 15) is 4.79 Å². The predicted molar refractivity (Wildman–Crippen MR) is 68.8 cm³/mol. The van der Waals surface area contributed by atoms with E-state index >= 15 is 0 Å². The van der Waals surface area contributed by atoms with Crippen LogP contribution in [0, 0.1) is 4.77 Å². The third kappa shape index (κ3) is 2.35. The van der Waals surface area contributed by atoms with E-state index < -0.39 is 0 Å². The number of aromatic nitrogens is 2. The van der Waals surface area contributed by atoms with Crippen molar-refractivity contribution in [3.8, 4) is 0 Å². The third-order valence-electron chi connectivity index (χ3n) is 2.51. The molecule has 0 saturated carbocycles. The summed E-state index contributed by atoms with van der Waals surface area (Å²) in [4.78, 5) is 14.2. The van der Waals surface area contributed by atoms with Crippen LogP contribution in [0.4, 0.5) is 0 Å². The van der Waals surface area contributed by atoms with Crippen molar-refractivity contribution in [3.63, 3.8) is 0 Å². The molecule has 0 amide bonds. The van der Waals surface area contributed by atoms with Crippen molar-refractivity contribution in [3.05, 3.63) is 28.0 Å². The maximum atomic E-state index is 11.1. The number of aromatic amines is 1. The Labute approximate surface area is 108 Å². The van der Waals surface area contributed by atoms with E-state index in [0.717, 1.165) is 11.0 Å². The van der Waals surface area contributed by atoms with Crippen molar-refractivity contribution in [2.24, 2.45) is 0 Å². The lowest BCUT2D eigenvalue weighted by molar-refractivity contribution is -0.140. The molecule has 2 aromatic rings. The first-order chi connectivity index (χ1) is 8.13. The molecule has 0 unspecified atom stereocenters. The molecule has 90 valence electrons. The summed E-state index contributed by atoms with van der Waals surface area (Å²) in [6, 6.07) is 5.54. The fourth-order valence-corrected chi connectivity index (χ4v) is 2.26. The first-order valence-electron chi connectivity index (χ1n) is 5.07. The van der Waals surface area contributed by atoms with Crippen LogP contribution >= 0.6 is 23.8 Å². The van der Waals surface area contributed by atoms with E-state index in [-0.39, 0.29) is 12.4 Å². The van der Waals surface area contributed by atoms with Crippen LogP contribution in [-0.4, -0.2) is 22.6 Å². The van der Waals surface area contributed by atoms with Crippen LogP contribution in [0.1, 0.15) is 6.42 Å². The van der Waals surface area contributed by atoms with Gasteiger partial charge in [0.25, 0.3) is 0 Å². The van der Waals surface area contributed by atoms with E-state index in [2.05, 4.69) is 9.72 Å². The number of ether oxygens (including phenoxy) is 1. The minimum atomic E-state index is -0.270. The van der Waals surface area contributed by atoms with Gasteiger partial charge in [0.2, 0.25) is 0 Å². The number of methoxy groups -OCH3 is 1. The first kappa shape index (κ1) is 12.1. The standard InChI is InChI=1S/C11H11ClN2O2S/c1-16-9(15)5-6-14-10-7(12)3-2-4-8(10)13-11(14)17/h2-4H,5-6H2,1H3,(H,13,17). The number of carbonyl (C=O) groups excluding carboxylic acids is 1. The molecule has 17 heavy (non-hydrogen) atoms. The fourth-order valence-electron chi connectivity index (χ4n) is 1.69. The number of nitrogens with zero attached hydrogens (tertiary/aromatic N) is 1. The van der Waals surface area contributed by atoms with Crippen molar-refractivity contribution in [1.82, 2.24) is 9.55 Å². The van der Waals surface area contributed by atoms with E-state index in [1.165, 1.54) is 7.11 Å². The van der Waals surface area contributed by atoms with Gasteiger partial charge in [-0.25, -0.2) is 0 Å². The lowest BCUT2D eigenvalue weighted by Gasteiger charge is -2.04. The molecule has 1 aromatic heterocycles. The summed E-state index contributed by atoms with van der Waals surface area (Å²) in [5.74, 6) is -0.270. The zero-order valence-electron chi connectivity index (χ0n) is 9.20. The van der Waals surface area contributed by atoms with Crippen molar-refractivity contribution in [2.45, 2.75) is 13.0 Å². The topological polar surface area (TPSA) is 47.0 Å². The van der Waals surface area contributed by atoms with Gasteiger partial charge in [-0.05, 0) is 24.4 Å². The van der Waals surface area contributed by atoms with Crippen LogP contribution < -0.4 is 0 Å². The number of hydrogen-bond donors (Lipinski definition) is 1. The lowest BCUT2D eigenvalue weighted by atomic mass is 10.3. The van der Waals surface area contributed by atoms with Crippen molar-refractivity contribution >= 4 is 40.8 Å². The van der Waals surface area contributed by atoms with Crippen LogP contribution in [0.15, 0.2) is 18.2 Å². The number of aryl methyl sites for hydroxylation is 1. The zero-order valence-corrected chi connectivity index (χ0v) is 10.8. The third-order valence-corrected chi connectivity index (χ3v) is 3.14. The van der Waals surface area contributed by atoms with Gasteiger partial charge in [0.15, 0.2) is 4.77 Å². The molecule has 1 N–H and O–H groups in total. The highest BCUT2D eigenvalue weighted by Crippen LogP contribution is 2.23. The number of carbonyl (C=O) groups is 1. The number of esters is 1. The van der Waals surface area contributed by atoms with Gasteiger partial charge in [-0.3, -0.25) is 4.79 Å². The molecular formula is C11H11ClN2O2S. The molecule has 6 heteroatoms. The number of nitrogens with one attached hydrogen (secondary N) is 1. The lowest BCUT2D eigenvalue weighted by Crippen LogP contribution is -2.07. The Bertz CT molecular complexity index is 617. The molecule has 2 rings (SSSR count). The Morgan fingerprint density at radius 1 is 1.59 bits per heavy atom. The maximum absolute atomic E-state index is 11.1. The van der Waals surface area contributed by atoms with E-state index in [1.54, 1.807) is 6.07 Å². The second kappa shape index (κ2) is 4.89. The number of rotatable bonds is 3. The second-order valence-corrected chi connectivity index (χ2v) is 4.34. The second-order valence-electron chi connectivity index (χ2n) is 3.54. The molecule has 0 bridgehead atoms. The molecule has 0 spiro atoms. The molecule has 1 aromatic carbocycles. The van der Waals surface area contributed by atoms with Crippen molar-refractivity contribution in [2.75, 3.05) is 7.11 Å². The summed E-state index contributed by atoms with van der Waals surface area (Å²) < 4.78 is 6.96.